The summed E-state index contributed by atoms with van der Waals surface area (Å²) < 4.78 is 0. The van der Waals surface area contributed by atoms with Gasteiger partial charge in [-0.2, -0.15) is 0 Å². The van der Waals surface area contributed by atoms with Crippen LogP contribution in [-0.4, -0.2) is 42.3 Å². The molecule has 1 heterocycles. The summed E-state index contributed by atoms with van der Waals surface area (Å²) in [4.78, 5) is 14.2. The first-order valence-corrected chi connectivity index (χ1v) is 8.69. The number of urea groups is 1. The number of piperidine rings is 1. The van der Waals surface area contributed by atoms with Gasteiger partial charge in [-0.05, 0) is 36.3 Å². The second-order valence-corrected chi connectivity index (χ2v) is 7.21. The molecular weight excluding hydrogens is 288 g/mol. The zero-order valence-electron chi connectivity index (χ0n) is 14.6. The first kappa shape index (κ1) is 17.8. The van der Waals surface area contributed by atoms with Crippen LogP contribution in [0.15, 0.2) is 24.3 Å². The van der Waals surface area contributed by atoms with E-state index >= 15 is 0 Å². The Labute approximate surface area is 139 Å². The number of hydrogen-bond acceptors (Lipinski definition) is 2. The molecule has 0 saturated carbocycles. The third-order valence-electron chi connectivity index (χ3n) is 4.99. The SMILES string of the molecule is CCc1ccc(C(C)(C)CNC(=O)N2CCC(CO)CC2)cc1. The number of carbonyl (C=O) groups is 1. The molecule has 2 N–H and O–H groups in total. The van der Waals surface area contributed by atoms with E-state index in [-0.39, 0.29) is 18.1 Å². The van der Waals surface area contributed by atoms with Crippen LogP contribution in [0.3, 0.4) is 0 Å². The minimum Gasteiger partial charge on any atom is -0.396 e. The molecule has 1 aromatic rings. The average molecular weight is 318 g/mol. The molecule has 0 aliphatic carbocycles. The standard InChI is InChI=1S/C19H30N2O2/c1-4-15-5-7-17(8-6-15)19(2,3)14-20-18(23)21-11-9-16(13-22)10-12-21/h5-8,16,22H,4,9-14H2,1-3H3,(H,20,23). The third-order valence-corrected chi connectivity index (χ3v) is 4.99. The number of nitrogens with zero attached hydrogens (tertiary/aromatic N) is 1. The zero-order chi connectivity index (χ0) is 16.9. The highest BCUT2D eigenvalue weighted by molar-refractivity contribution is 5.74. The molecule has 1 aliphatic heterocycles. The summed E-state index contributed by atoms with van der Waals surface area (Å²) in [5, 5.41) is 12.2. The molecule has 2 rings (SSSR count). The smallest absolute Gasteiger partial charge is 0.317 e. The maximum Gasteiger partial charge on any atom is 0.317 e. The van der Waals surface area contributed by atoms with E-state index in [9.17, 15) is 9.90 Å². The Bertz CT molecular complexity index is 503. The molecule has 0 atom stereocenters. The lowest BCUT2D eigenvalue weighted by Gasteiger charge is -2.33. The monoisotopic (exact) mass is 318 g/mol. The van der Waals surface area contributed by atoms with Gasteiger partial charge >= 0.3 is 6.03 Å². The maximum atomic E-state index is 12.3. The van der Waals surface area contributed by atoms with Gasteiger partial charge in [0, 0.05) is 31.7 Å². The average Bonchev–Trinajstić information content (AvgIpc) is 2.60. The molecule has 0 spiro atoms. The quantitative estimate of drug-likeness (QED) is 0.877. The minimum absolute atomic E-state index is 0.0136. The van der Waals surface area contributed by atoms with Gasteiger partial charge in [0.15, 0.2) is 0 Å². The first-order chi connectivity index (χ1) is 11.0. The van der Waals surface area contributed by atoms with Crippen LogP contribution in [0.1, 0.15) is 44.7 Å². The number of amides is 2. The molecule has 0 bridgehead atoms. The summed E-state index contributed by atoms with van der Waals surface area (Å²) in [5.74, 6) is 0.354. The molecule has 1 fully saturated rings. The number of aliphatic hydroxyl groups is 1. The molecule has 1 aromatic carbocycles. The lowest BCUT2D eigenvalue weighted by atomic mass is 9.84. The highest BCUT2D eigenvalue weighted by atomic mass is 16.3. The van der Waals surface area contributed by atoms with Crippen LogP contribution < -0.4 is 5.32 Å². The summed E-state index contributed by atoms with van der Waals surface area (Å²) in [6.07, 6.45) is 2.83. The van der Waals surface area contributed by atoms with Crippen LogP contribution in [0.4, 0.5) is 4.79 Å². The number of benzene rings is 1. The molecule has 4 heteroatoms. The van der Waals surface area contributed by atoms with E-state index in [0.717, 1.165) is 32.4 Å². The van der Waals surface area contributed by atoms with E-state index < -0.39 is 0 Å². The van der Waals surface area contributed by atoms with E-state index in [1.807, 2.05) is 4.90 Å². The van der Waals surface area contributed by atoms with Crippen molar-refractivity contribution in [2.45, 2.75) is 45.4 Å². The van der Waals surface area contributed by atoms with Crippen molar-refractivity contribution in [1.29, 1.82) is 0 Å². The van der Waals surface area contributed by atoms with E-state index in [4.69, 9.17) is 0 Å². The van der Waals surface area contributed by atoms with Gasteiger partial charge in [-0.3, -0.25) is 0 Å². The summed E-state index contributed by atoms with van der Waals surface area (Å²) in [6, 6.07) is 8.67. The van der Waals surface area contributed by atoms with Gasteiger partial charge in [-0.25, -0.2) is 4.79 Å². The summed E-state index contributed by atoms with van der Waals surface area (Å²) in [7, 11) is 0. The highest BCUT2D eigenvalue weighted by Crippen LogP contribution is 2.23. The third kappa shape index (κ3) is 4.71. The van der Waals surface area contributed by atoms with Crippen LogP contribution >= 0.6 is 0 Å². The van der Waals surface area contributed by atoms with E-state index in [2.05, 4.69) is 50.4 Å². The Morgan fingerprint density at radius 1 is 1.26 bits per heavy atom. The number of aryl methyl sites for hydroxylation is 1. The van der Waals surface area contributed by atoms with Crippen molar-refractivity contribution in [3.05, 3.63) is 35.4 Å². The van der Waals surface area contributed by atoms with Crippen molar-refractivity contribution in [2.24, 2.45) is 5.92 Å². The Hall–Kier alpha value is -1.55. The highest BCUT2D eigenvalue weighted by Gasteiger charge is 2.25. The lowest BCUT2D eigenvalue weighted by molar-refractivity contribution is 0.136. The van der Waals surface area contributed by atoms with Crippen molar-refractivity contribution in [3.8, 4) is 0 Å². The van der Waals surface area contributed by atoms with Crippen molar-refractivity contribution in [1.82, 2.24) is 10.2 Å². The number of hydrogen-bond donors (Lipinski definition) is 2. The zero-order valence-corrected chi connectivity index (χ0v) is 14.6. The largest absolute Gasteiger partial charge is 0.396 e. The van der Waals surface area contributed by atoms with Gasteiger partial charge in [0.25, 0.3) is 0 Å². The molecular formula is C19H30N2O2. The van der Waals surface area contributed by atoms with Crippen LogP contribution in [0.5, 0.6) is 0 Å². The fourth-order valence-corrected chi connectivity index (χ4v) is 3.02. The van der Waals surface area contributed by atoms with Crippen molar-refractivity contribution in [2.75, 3.05) is 26.2 Å². The molecule has 23 heavy (non-hydrogen) atoms. The Balaban J connectivity index is 1.87. The second-order valence-electron chi connectivity index (χ2n) is 7.21. The maximum absolute atomic E-state index is 12.3. The number of aliphatic hydroxyl groups excluding tert-OH is 1. The molecule has 1 saturated heterocycles. The summed E-state index contributed by atoms with van der Waals surface area (Å²) >= 11 is 0. The predicted octanol–water partition coefficient (Wildman–Crippen LogP) is 2.94. The van der Waals surface area contributed by atoms with Gasteiger partial charge in [-0.1, -0.05) is 45.0 Å². The molecule has 0 aromatic heterocycles. The van der Waals surface area contributed by atoms with Gasteiger partial charge in [0.1, 0.15) is 0 Å². The first-order valence-electron chi connectivity index (χ1n) is 8.69. The van der Waals surface area contributed by atoms with E-state index in [1.54, 1.807) is 0 Å². The number of rotatable bonds is 5. The Morgan fingerprint density at radius 2 is 1.87 bits per heavy atom. The van der Waals surface area contributed by atoms with E-state index in [1.165, 1.54) is 11.1 Å². The summed E-state index contributed by atoms with van der Waals surface area (Å²) in [5.41, 5.74) is 2.49. The molecule has 128 valence electrons. The topological polar surface area (TPSA) is 52.6 Å². The number of carbonyl (C=O) groups excluding carboxylic acids is 1. The van der Waals surface area contributed by atoms with Gasteiger partial charge in [0.2, 0.25) is 0 Å². The van der Waals surface area contributed by atoms with Gasteiger partial charge < -0.3 is 15.3 Å². The van der Waals surface area contributed by atoms with Crippen molar-refractivity contribution in [3.63, 3.8) is 0 Å². The van der Waals surface area contributed by atoms with Gasteiger partial charge in [-0.15, -0.1) is 0 Å². The number of likely N-dealkylation sites (tertiary alicyclic amines) is 1. The van der Waals surface area contributed by atoms with E-state index in [0.29, 0.717) is 12.5 Å². The lowest BCUT2D eigenvalue weighted by Crippen LogP contribution is -2.47. The van der Waals surface area contributed by atoms with Crippen LogP contribution in [0, 0.1) is 5.92 Å². The van der Waals surface area contributed by atoms with Gasteiger partial charge in [0.05, 0.1) is 0 Å². The number of nitrogens with one attached hydrogen (secondary N) is 1. The van der Waals surface area contributed by atoms with Crippen LogP contribution in [-0.2, 0) is 11.8 Å². The predicted molar refractivity (Wildman–Crippen MR) is 93.6 cm³/mol. The fraction of sp³-hybridized carbons (Fsp3) is 0.632. The van der Waals surface area contributed by atoms with Crippen LogP contribution in [0.2, 0.25) is 0 Å². The summed E-state index contributed by atoms with van der Waals surface area (Å²) in [6.45, 7) is 8.80. The Morgan fingerprint density at radius 3 is 2.39 bits per heavy atom. The molecule has 4 nitrogen and oxygen atoms in total. The van der Waals surface area contributed by atoms with Crippen molar-refractivity contribution < 1.29 is 9.90 Å². The minimum atomic E-state index is -0.0919. The van der Waals surface area contributed by atoms with Crippen LogP contribution in [0.25, 0.3) is 0 Å². The molecule has 1 aliphatic rings. The molecule has 2 amide bonds. The normalized spacial score (nSPS) is 16.4. The second kappa shape index (κ2) is 7.82. The molecule has 0 radical (unpaired) electrons. The fourth-order valence-electron chi connectivity index (χ4n) is 3.02. The Kier molecular flexibility index (Phi) is 6.05. The van der Waals surface area contributed by atoms with Crippen molar-refractivity contribution >= 4 is 6.03 Å². The molecule has 0 unspecified atom stereocenters.